The van der Waals surface area contributed by atoms with Gasteiger partial charge in [0.2, 0.25) is 0 Å². The van der Waals surface area contributed by atoms with E-state index in [0.717, 1.165) is 51.1 Å². The van der Waals surface area contributed by atoms with Crippen molar-refractivity contribution >= 4 is 5.78 Å². The molecule has 1 heterocycles. The van der Waals surface area contributed by atoms with Crippen LogP contribution in [0.5, 0.6) is 0 Å². The second-order valence-electron chi connectivity index (χ2n) is 7.79. The van der Waals surface area contributed by atoms with Crippen LogP contribution in [0.4, 0.5) is 0 Å². The predicted molar refractivity (Wildman–Crippen MR) is 127 cm³/mol. The molecule has 1 aromatic rings. The van der Waals surface area contributed by atoms with Gasteiger partial charge in [-0.3, -0.25) is 9.69 Å². The van der Waals surface area contributed by atoms with E-state index in [1.165, 1.54) is 25.1 Å². The van der Waals surface area contributed by atoms with Crippen molar-refractivity contribution in [1.29, 1.82) is 0 Å². The van der Waals surface area contributed by atoms with Crippen molar-refractivity contribution in [2.75, 3.05) is 39.3 Å². The van der Waals surface area contributed by atoms with Crippen LogP contribution in [-0.4, -0.2) is 54.9 Å². The molecule has 4 nitrogen and oxygen atoms in total. The Balaban J connectivity index is 1.68. The van der Waals surface area contributed by atoms with Gasteiger partial charge < -0.3 is 10.2 Å². The van der Waals surface area contributed by atoms with Gasteiger partial charge in [-0.05, 0) is 57.0 Å². The summed E-state index contributed by atoms with van der Waals surface area (Å²) < 4.78 is 0. The molecule has 4 heteroatoms. The number of Topliss-reactive ketones (excluding diaryl/α,β-unsaturated/α-hetero) is 1. The molecule has 0 spiro atoms. The molecule has 1 fully saturated rings. The molecule has 0 aliphatic carbocycles. The van der Waals surface area contributed by atoms with Crippen LogP contribution in [0.25, 0.3) is 0 Å². The molecule has 2 rings (SSSR count). The minimum Gasteiger partial charge on any atom is -0.390 e. The van der Waals surface area contributed by atoms with Gasteiger partial charge in [-0.25, -0.2) is 0 Å². The summed E-state index contributed by atoms with van der Waals surface area (Å²) in [5.74, 6) is 0.0279. The average molecular weight is 408 g/mol. The second kappa shape index (κ2) is 13.7. The second-order valence-corrected chi connectivity index (χ2v) is 7.79. The van der Waals surface area contributed by atoms with Crippen LogP contribution >= 0.6 is 0 Å². The summed E-state index contributed by atoms with van der Waals surface area (Å²) in [6, 6.07) is 10.8. The number of nitrogens with zero attached hydrogens (tertiary/aromatic N) is 2. The number of hydrogen-bond acceptors (Lipinski definition) is 4. The van der Waals surface area contributed by atoms with Gasteiger partial charge >= 0.3 is 0 Å². The zero-order valence-corrected chi connectivity index (χ0v) is 18.5. The van der Waals surface area contributed by atoms with E-state index in [1.54, 1.807) is 19.1 Å². The van der Waals surface area contributed by atoms with Gasteiger partial charge in [-0.2, -0.15) is 0 Å². The molecule has 1 aliphatic heterocycles. The van der Waals surface area contributed by atoms with Crippen molar-refractivity contribution in [2.45, 2.75) is 32.7 Å². The lowest BCUT2D eigenvalue weighted by Gasteiger charge is -2.21. The molecule has 30 heavy (non-hydrogen) atoms. The van der Waals surface area contributed by atoms with Crippen LogP contribution < -0.4 is 5.32 Å². The Morgan fingerprint density at radius 3 is 2.50 bits per heavy atom. The van der Waals surface area contributed by atoms with Gasteiger partial charge in [0.15, 0.2) is 5.78 Å². The fourth-order valence-corrected chi connectivity index (χ4v) is 3.77. The van der Waals surface area contributed by atoms with E-state index in [2.05, 4.69) is 58.6 Å². The molecule has 1 aromatic carbocycles. The van der Waals surface area contributed by atoms with Crippen molar-refractivity contribution < 1.29 is 4.79 Å². The number of carbonyl (C=O) groups is 1. The minimum atomic E-state index is 0.0279. The molecule has 0 radical (unpaired) electrons. The van der Waals surface area contributed by atoms with Crippen molar-refractivity contribution in [3.05, 3.63) is 84.6 Å². The average Bonchev–Trinajstić information content (AvgIpc) is 2.97. The number of benzene rings is 1. The molecular formula is C26H37N3O. The molecule has 0 amide bonds. The van der Waals surface area contributed by atoms with Gasteiger partial charge in [-0.1, -0.05) is 61.7 Å². The summed E-state index contributed by atoms with van der Waals surface area (Å²) in [5.41, 5.74) is 2.85. The highest BCUT2D eigenvalue weighted by atomic mass is 16.1. The van der Waals surface area contributed by atoms with Gasteiger partial charge in [0.25, 0.3) is 0 Å². The normalized spacial score (nSPS) is 16.7. The van der Waals surface area contributed by atoms with Gasteiger partial charge in [0, 0.05) is 38.0 Å². The van der Waals surface area contributed by atoms with Crippen molar-refractivity contribution in [2.24, 2.45) is 0 Å². The summed E-state index contributed by atoms with van der Waals surface area (Å²) >= 11 is 0. The monoisotopic (exact) mass is 407 g/mol. The van der Waals surface area contributed by atoms with Crippen LogP contribution in [-0.2, 0) is 11.3 Å². The van der Waals surface area contributed by atoms with Crippen LogP contribution in [0.3, 0.4) is 0 Å². The minimum absolute atomic E-state index is 0.0279. The van der Waals surface area contributed by atoms with Gasteiger partial charge in [0.1, 0.15) is 0 Å². The first-order valence-electron chi connectivity index (χ1n) is 11.0. The van der Waals surface area contributed by atoms with Gasteiger partial charge in [0.05, 0.1) is 0 Å². The third-order valence-electron chi connectivity index (χ3n) is 5.43. The first kappa shape index (κ1) is 23.8. The fraction of sp³-hybridized carbons (Fsp3) is 0.423. The largest absolute Gasteiger partial charge is 0.390 e. The lowest BCUT2D eigenvalue weighted by Crippen LogP contribution is -2.31. The third-order valence-corrected chi connectivity index (χ3v) is 5.43. The lowest BCUT2D eigenvalue weighted by atomic mass is 10.0. The molecule has 162 valence electrons. The van der Waals surface area contributed by atoms with Crippen molar-refractivity contribution in [3.63, 3.8) is 0 Å². The smallest absolute Gasteiger partial charge is 0.161 e. The van der Waals surface area contributed by atoms with Crippen LogP contribution in [0.15, 0.2) is 79.1 Å². The van der Waals surface area contributed by atoms with E-state index in [-0.39, 0.29) is 5.78 Å². The Morgan fingerprint density at radius 2 is 1.80 bits per heavy atom. The molecule has 1 aliphatic rings. The summed E-state index contributed by atoms with van der Waals surface area (Å²) in [4.78, 5) is 17.0. The van der Waals surface area contributed by atoms with E-state index < -0.39 is 0 Å². The summed E-state index contributed by atoms with van der Waals surface area (Å²) in [7, 11) is 0. The van der Waals surface area contributed by atoms with Crippen molar-refractivity contribution in [3.8, 4) is 0 Å². The topological polar surface area (TPSA) is 35.6 Å². The van der Waals surface area contributed by atoms with E-state index in [9.17, 15) is 4.79 Å². The van der Waals surface area contributed by atoms with E-state index in [0.29, 0.717) is 5.57 Å². The number of hydrogen-bond donors (Lipinski definition) is 1. The van der Waals surface area contributed by atoms with Crippen LogP contribution in [0.2, 0.25) is 0 Å². The lowest BCUT2D eigenvalue weighted by molar-refractivity contribution is -0.113. The molecule has 1 N–H and O–H groups in total. The van der Waals surface area contributed by atoms with E-state index in [4.69, 9.17) is 0 Å². The van der Waals surface area contributed by atoms with Crippen LogP contribution in [0.1, 0.15) is 31.7 Å². The Kier molecular flexibility index (Phi) is 10.9. The quantitative estimate of drug-likeness (QED) is 0.318. The third kappa shape index (κ3) is 8.52. The molecule has 1 saturated heterocycles. The van der Waals surface area contributed by atoms with E-state index in [1.807, 2.05) is 12.3 Å². The molecule has 0 bridgehead atoms. The van der Waals surface area contributed by atoms with Gasteiger partial charge in [-0.15, -0.1) is 0 Å². The first-order valence-corrected chi connectivity index (χ1v) is 11.0. The summed E-state index contributed by atoms with van der Waals surface area (Å²) in [6.07, 6.45) is 10.5. The number of rotatable bonds is 12. The standard InChI is InChI=1S/C26H37N3O/c1-4-12-25(5-2)26(23(3)30)21-27-15-9-10-16-28-17-11-18-29(20-19-28)22-24-13-7-6-8-14-24/h4-8,12-14,21,27H,1-2,9-11,15-20,22H2,3H3/b25-12+,26-21-. The van der Waals surface area contributed by atoms with Crippen molar-refractivity contribution in [1.82, 2.24) is 15.1 Å². The maximum absolute atomic E-state index is 11.9. The summed E-state index contributed by atoms with van der Waals surface area (Å²) in [5, 5.41) is 3.29. The molecule has 0 saturated carbocycles. The number of allylic oxidation sites excluding steroid dienone is 5. The molecule has 0 atom stereocenters. The first-order chi connectivity index (χ1) is 14.6. The highest BCUT2D eigenvalue weighted by Gasteiger charge is 2.14. The molecular weight excluding hydrogens is 370 g/mol. The Hall–Kier alpha value is -2.43. The fourth-order valence-electron chi connectivity index (χ4n) is 3.77. The Morgan fingerprint density at radius 1 is 1.07 bits per heavy atom. The van der Waals surface area contributed by atoms with E-state index >= 15 is 0 Å². The Labute approximate surface area is 182 Å². The Bertz CT molecular complexity index is 736. The maximum atomic E-state index is 11.9. The highest BCUT2D eigenvalue weighted by Crippen LogP contribution is 2.12. The molecule has 0 aromatic heterocycles. The summed E-state index contributed by atoms with van der Waals surface area (Å²) in [6.45, 7) is 16.7. The number of carbonyl (C=O) groups excluding carboxylic acids is 1. The zero-order chi connectivity index (χ0) is 21.6. The number of nitrogens with one attached hydrogen (secondary N) is 1. The zero-order valence-electron chi connectivity index (χ0n) is 18.5. The molecule has 0 unspecified atom stereocenters. The predicted octanol–water partition coefficient (Wildman–Crippen LogP) is 4.34. The maximum Gasteiger partial charge on any atom is 0.161 e. The van der Waals surface area contributed by atoms with Crippen LogP contribution in [0, 0.1) is 0 Å². The SMILES string of the molecule is C=C/C=C(C=C)/C(=C\NCCCCN1CCCN(Cc2ccccc2)CC1)C(C)=O. The number of unbranched alkanes of at least 4 members (excludes halogenated alkanes) is 1. The highest BCUT2D eigenvalue weighted by molar-refractivity contribution is 5.98. The number of ketones is 1.